The van der Waals surface area contributed by atoms with Gasteiger partial charge in [-0.05, 0) is 53.9 Å². The molecular formula is C18H15FN2O3S2. The molecule has 0 saturated heterocycles. The summed E-state index contributed by atoms with van der Waals surface area (Å²) in [4.78, 5) is 13.1. The van der Waals surface area contributed by atoms with Crippen LogP contribution in [0.5, 0.6) is 0 Å². The summed E-state index contributed by atoms with van der Waals surface area (Å²) in [6, 6.07) is 14.8. The van der Waals surface area contributed by atoms with E-state index in [1.807, 2.05) is 17.5 Å². The Bertz CT molecular complexity index is 1000. The van der Waals surface area contributed by atoms with Crippen LogP contribution >= 0.6 is 11.3 Å². The van der Waals surface area contributed by atoms with Gasteiger partial charge in [-0.1, -0.05) is 12.1 Å². The Morgan fingerprint density at radius 2 is 1.81 bits per heavy atom. The maximum atomic E-state index is 13.2. The maximum absolute atomic E-state index is 13.2. The summed E-state index contributed by atoms with van der Waals surface area (Å²) in [6.07, 6.45) is 0. The molecular weight excluding hydrogens is 375 g/mol. The third-order valence-corrected chi connectivity index (χ3v) is 5.82. The lowest BCUT2D eigenvalue weighted by Crippen LogP contribution is -2.23. The van der Waals surface area contributed by atoms with Gasteiger partial charge in [-0.15, -0.1) is 11.3 Å². The molecule has 3 rings (SSSR count). The standard InChI is InChI=1S/C18H15FN2O3S2/c19-14-3-1-4-15(11-14)21-18(22)13-6-8-17(9-7-13)26(23,24)20-12-16-5-2-10-25-16/h1-11,20H,12H2,(H,21,22). The predicted octanol–water partition coefficient (Wildman–Crippen LogP) is 3.62. The smallest absolute Gasteiger partial charge is 0.255 e. The zero-order chi connectivity index (χ0) is 18.6. The van der Waals surface area contributed by atoms with Crippen LogP contribution in [0.3, 0.4) is 0 Å². The van der Waals surface area contributed by atoms with Crippen LogP contribution in [-0.2, 0) is 16.6 Å². The van der Waals surface area contributed by atoms with E-state index in [1.165, 1.54) is 53.8 Å². The van der Waals surface area contributed by atoms with Gasteiger partial charge in [-0.25, -0.2) is 17.5 Å². The largest absolute Gasteiger partial charge is 0.322 e. The van der Waals surface area contributed by atoms with E-state index in [1.54, 1.807) is 6.07 Å². The second-order valence-electron chi connectivity index (χ2n) is 5.39. The summed E-state index contributed by atoms with van der Waals surface area (Å²) in [5, 5.41) is 4.43. The highest BCUT2D eigenvalue weighted by atomic mass is 32.2. The zero-order valence-electron chi connectivity index (χ0n) is 13.5. The van der Waals surface area contributed by atoms with E-state index in [0.29, 0.717) is 5.69 Å². The summed E-state index contributed by atoms with van der Waals surface area (Å²) in [5.41, 5.74) is 0.593. The summed E-state index contributed by atoms with van der Waals surface area (Å²) in [5.74, 6) is -0.910. The maximum Gasteiger partial charge on any atom is 0.255 e. The number of hydrogen-bond acceptors (Lipinski definition) is 4. The number of benzene rings is 2. The topological polar surface area (TPSA) is 75.3 Å². The van der Waals surface area contributed by atoms with Gasteiger partial charge in [-0.2, -0.15) is 0 Å². The van der Waals surface area contributed by atoms with Crippen LogP contribution in [0.1, 0.15) is 15.2 Å². The van der Waals surface area contributed by atoms with Gasteiger partial charge < -0.3 is 5.32 Å². The summed E-state index contributed by atoms with van der Waals surface area (Å²) in [6.45, 7) is 0.210. The predicted molar refractivity (Wildman–Crippen MR) is 99.1 cm³/mol. The fraction of sp³-hybridized carbons (Fsp3) is 0.0556. The SMILES string of the molecule is O=C(Nc1cccc(F)c1)c1ccc(S(=O)(=O)NCc2cccs2)cc1. The molecule has 0 saturated carbocycles. The van der Waals surface area contributed by atoms with Gasteiger partial charge in [-0.3, -0.25) is 4.79 Å². The van der Waals surface area contributed by atoms with E-state index in [0.717, 1.165) is 4.88 Å². The molecule has 3 aromatic rings. The Hall–Kier alpha value is -2.55. The van der Waals surface area contributed by atoms with Crippen molar-refractivity contribution in [2.75, 3.05) is 5.32 Å². The van der Waals surface area contributed by atoms with Crippen LogP contribution in [0.2, 0.25) is 0 Å². The minimum atomic E-state index is -3.67. The molecule has 0 radical (unpaired) electrons. The van der Waals surface area contributed by atoms with Crippen LogP contribution in [0.15, 0.2) is 70.9 Å². The van der Waals surface area contributed by atoms with Crippen LogP contribution < -0.4 is 10.0 Å². The number of carbonyl (C=O) groups is 1. The summed E-state index contributed by atoms with van der Waals surface area (Å²) < 4.78 is 40.2. The van der Waals surface area contributed by atoms with Crippen molar-refractivity contribution in [3.05, 3.63) is 82.3 Å². The number of hydrogen-bond donors (Lipinski definition) is 2. The fourth-order valence-corrected chi connectivity index (χ4v) is 3.96. The van der Waals surface area contributed by atoms with E-state index < -0.39 is 21.7 Å². The van der Waals surface area contributed by atoms with Gasteiger partial charge in [0.05, 0.1) is 4.90 Å². The molecule has 1 amide bonds. The first-order valence-corrected chi connectivity index (χ1v) is 9.99. The summed E-state index contributed by atoms with van der Waals surface area (Å²) >= 11 is 1.46. The molecule has 1 aromatic heterocycles. The van der Waals surface area contributed by atoms with E-state index in [2.05, 4.69) is 10.0 Å². The molecule has 1 heterocycles. The molecule has 26 heavy (non-hydrogen) atoms. The number of amides is 1. The molecule has 0 aliphatic rings. The highest BCUT2D eigenvalue weighted by Gasteiger charge is 2.15. The first kappa shape index (κ1) is 18.2. The molecule has 0 aliphatic carbocycles. The molecule has 0 aliphatic heterocycles. The van der Waals surface area contributed by atoms with E-state index in [9.17, 15) is 17.6 Å². The molecule has 0 spiro atoms. The second-order valence-corrected chi connectivity index (χ2v) is 8.19. The van der Waals surface area contributed by atoms with Crippen LogP contribution in [0.4, 0.5) is 10.1 Å². The van der Waals surface area contributed by atoms with Crippen LogP contribution in [0, 0.1) is 5.82 Å². The molecule has 5 nitrogen and oxygen atoms in total. The van der Waals surface area contributed by atoms with Gasteiger partial charge in [0.1, 0.15) is 5.82 Å². The van der Waals surface area contributed by atoms with Gasteiger partial charge >= 0.3 is 0 Å². The van der Waals surface area contributed by atoms with Crippen molar-refractivity contribution in [2.45, 2.75) is 11.4 Å². The monoisotopic (exact) mass is 390 g/mol. The third-order valence-electron chi connectivity index (χ3n) is 3.53. The van der Waals surface area contributed by atoms with Crippen molar-refractivity contribution in [1.82, 2.24) is 4.72 Å². The minimum Gasteiger partial charge on any atom is -0.322 e. The minimum absolute atomic E-state index is 0.0661. The molecule has 2 N–H and O–H groups in total. The van der Waals surface area contributed by atoms with Crippen molar-refractivity contribution < 1.29 is 17.6 Å². The molecule has 0 unspecified atom stereocenters. The molecule has 0 fully saturated rings. The second kappa shape index (κ2) is 7.77. The highest BCUT2D eigenvalue weighted by Crippen LogP contribution is 2.15. The first-order chi connectivity index (χ1) is 12.4. The Kier molecular flexibility index (Phi) is 5.46. The van der Waals surface area contributed by atoms with Crippen molar-refractivity contribution in [2.24, 2.45) is 0 Å². The average Bonchev–Trinajstić information content (AvgIpc) is 3.14. The van der Waals surface area contributed by atoms with Crippen LogP contribution in [0.25, 0.3) is 0 Å². The van der Waals surface area contributed by atoms with Crippen molar-refractivity contribution >= 4 is 33.0 Å². The molecule has 8 heteroatoms. The Balaban J connectivity index is 1.68. The number of halogens is 1. The Labute approximate surface area is 154 Å². The molecule has 2 aromatic carbocycles. The lowest BCUT2D eigenvalue weighted by Gasteiger charge is -2.08. The Morgan fingerprint density at radius 1 is 1.04 bits per heavy atom. The highest BCUT2D eigenvalue weighted by molar-refractivity contribution is 7.89. The molecule has 134 valence electrons. The zero-order valence-corrected chi connectivity index (χ0v) is 15.1. The van der Waals surface area contributed by atoms with E-state index in [4.69, 9.17) is 0 Å². The quantitative estimate of drug-likeness (QED) is 0.675. The number of carbonyl (C=O) groups excluding carboxylic acids is 1. The van der Waals surface area contributed by atoms with Crippen molar-refractivity contribution in [1.29, 1.82) is 0 Å². The number of anilines is 1. The average molecular weight is 390 g/mol. The van der Waals surface area contributed by atoms with Gasteiger partial charge in [0.2, 0.25) is 10.0 Å². The van der Waals surface area contributed by atoms with Crippen LogP contribution in [-0.4, -0.2) is 14.3 Å². The van der Waals surface area contributed by atoms with Gasteiger partial charge in [0, 0.05) is 22.7 Å². The van der Waals surface area contributed by atoms with E-state index >= 15 is 0 Å². The van der Waals surface area contributed by atoms with E-state index in [-0.39, 0.29) is 17.0 Å². The third kappa shape index (κ3) is 4.54. The van der Waals surface area contributed by atoms with Gasteiger partial charge in [0.15, 0.2) is 0 Å². The normalized spacial score (nSPS) is 11.3. The molecule has 0 bridgehead atoms. The van der Waals surface area contributed by atoms with Crippen molar-refractivity contribution in [3.63, 3.8) is 0 Å². The van der Waals surface area contributed by atoms with Gasteiger partial charge in [0.25, 0.3) is 5.91 Å². The Morgan fingerprint density at radius 3 is 2.46 bits per heavy atom. The fourth-order valence-electron chi connectivity index (χ4n) is 2.22. The number of sulfonamides is 1. The number of thiophene rings is 1. The lowest BCUT2D eigenvalue weighted by atomic mass is 10.2. The number of rotatable bonds is 6. The first-order valence-electron chi connectivity index (χ1n) is 7.63. The lowest BCUT2D eigenvalue weighted by molar-refractivity contribution is 0.102. The summed E-state index contributed by atoms with van der Waals surface area (Å²) in [7, 11) is -3.67. The van der Waals surface area contributed by atoms with Crippen molar-refractivity contribution in [3.8, 4) is 0 Å². The molecule has 0 atom stereocenters. The number of nitrogens with one attached hydrogen (secondary N) is 2.